The zero-order valence-corrected chi connectivity index (χ0v) is 15.0. The third kappa shape index (κ3) is 10.1. The monoisotopic (exact) mass is 408 g/mol. The minimum Gasteiger partial charge on any atom is -0.357 e. The summed E-state index contributed by atoms with van der Waals surface area (Å²) in [5, 5.41) is 13.2. The number of nitrogens with one attached hydrogen (secondary N) is 3. The van der Waals surface area contributed by atoms with E-state index in [-0.39, 0.29) is 29.9 Å². The number of carbonyl (C=O) groups is 1. The van der Waals surface area contributed by atoms with Gasteiger partial charge in [0.15, 0.2) is 5.96 Å². The van der Waals surface area contributed by atoms with E-state index in [9.17, 15) is 4.79 Å². The fraction of sp³-hybridized carbons (Fsp3) is 0.615. The SMILES string of the molecule is CCNC(=NCCCn1cccn1)NCCNC(C)=O.I. The molecule has 0 aliphatic rings. The highest BCUT2D eigenvalue weighted by molar-refractivity contribution is 14.0. The summed E-state index contributed by atoms with van der Waals surface area (Å²) in [6.45, 7) is 7.18. The average molecular weight is 408 g/mol. The average Bonchev–Trinajstić information content (AvgIpc) is 2.92. The van der Waals surface area contributed by atoms with Gasteiger partial charge >= 0.3 is 0 Å². The number of guanidine groups is 1. The van der Waals surface area contributed by atoms with E-state index in [0.29, 0.717) is 13.1 Å². The molecule has 8 heteroatoms. The summed E-state index contributed by atoms with van der Waals surface area (Å²) in [6.07, 6.45) is 4.65. The molecule has 1 aromatic rings. The standard InChI is InChI=1S/C13H24N6O.HI/c1-3-14-13(17-9-8-15-12(2)20)16-6-4-10-19-11-5-7-18-19;/h5,7,11H,3-4,6,8-10H2,1-2H3,(H,15,20)(H2,14,16,17);1H. The molecule has 0 bridgehead atoms. The molecular weight excluding hydrogens is 383 g/mol. The predicted octanol–water partition coefficient (Wildman–Crippen LogP) is 0.582. The van der Waals surface area contributed by atoms with E-state index in [1.165, 1.54) is 6.92 Å². The number of aliphatic imine (C=N–C) groups is 1. The van der Waals surface area contributed by atoms with Crippen LogP contribution in [0.2, 0.25) is 0 Å². The molecule has 0 saturated heterocycles. The van der Waals surface area contributed by atoms with Crippen molar-refractivity contribution in [3.63, 3.8) is 0 Å². The van der Waals surface area contributed by atoms with Gasteiger partial charge in [-0.1, -0.05) is 0 Å². The Morgan fingerprint density at radius 1 is 1.29 bits per heavy atom. The van der Waals surface area contributed by atoms with Crippen molar-refractivity contribution in [3.05, 3.63) is 18.5 Å². The fourth-order valence-corrected chi connectivity index (χ4v) is 1.62. The summed E-state index contributed by atoms with van der Waals surface area (Å²) in [4.78, 5) is 15.2. The molecule has 1 amide bonds. The molecular formula is C13H25IN6O. The van der Waals surface area contributed by atoms with Crippen molar-refractivity contribution in [2.75, 3.05) is 26.2 Å². The van der Waals surface area contributed by atoms with E-state index >= 15 is 0 Å². The molecule has 1 rings (SSSR count). The first kappa shape index (κ1) is 19.7. The highest BCUT2D eigenvalue weighted by atomic mass is 127. The number of rotatable bonds is 8. The van der Waals surface area contributed by atoms with Crippen LogP contribution in [0.25, 0.3) is 0 Å². The first-order valence-electron chi connectivity index (χ1n) is 6.96. The molecule has 0 unspecified atom stereocenters. The van der Waals surface area contributed by atoms with E-state index in [1.807, 2.05) is 23.9 Å². The Bertz CT molecular complexity index is 407. The first-order chi connectivity index (χ1) is 9.72. The molecule has 0 aliphatic heterocycles. The third-order valence-corrected chi connectivity index (χ3v) is 2.51. The Hall–Kier alpha value is -1.32. The normalized spacial score (nSPS) is 10.7. The van der Waals surface area contributed by atoms with Crippen LogP contribution in [0.3, 0.4) is 0 Å². The van der Waals surface area contributed by atoms with Gasteiger partial charge in [-0.05, 0) is 19.4 Å². The van der Waals surface area contributed by atoms with Crippen molar-refractivity contribution in [1.82, 2.24) is 25.7 Å². The van der Waals surface area contributed by atoms with Gasteiger partial charge in [0.05, 0.1) is 0 Å². The van der Waals surface area contributed by atoms with Crippen LogP contribution in [0, 0.1) is 0 Å². The number of halogens is 1. The van der Waals surface area contributed by atoms with Crippen LogP contribution in [0.5, 0.6) is 0 Å². The van der Waals surface area contributed by atoms with Crippen molar-refractivity contribution >= 4 is 35.8 Å². The number of hydrogen-bond donors (Lipinski definition) is 3. The van der Waals surface area contributed by atoms with Crippen molar-refractivity contribution < 1.29 is 4.79 Å². The number of carbonyl (C=O) groups excluding carboxylic acids is 1. The van der Waals surface area contributed by atoms with Gasteiger partial charge in [-0.2, -0.15) is 5.10 Å². The van der Waals surface area contributed by atoms with Gasteiger partial charge in [0.25, 0.3) is 0 Å². The van der Waals surface area contributed by atoms with Crippen LogP contribution < -0.4 is 16.0 Å². The van der Waals surface area contributed by atoms with Gasteiger partial charge in [0.2, 0.25) is 5.91 Å². The molecule has 1 aromatic heterocycles. The number of amides is 1. The van der Waals surface area contributed by atoms with Crippen LogP contribution >= 0.6 is 24.0 Å². The van der Waals surface area contributed by atoms with E-state index in [4.69, 9.17) is 0 Å². The zero-order chi connectivity index (χ0) is 14.6. The molecule has 0 saturated carbocycles. The third-order valence-electron chi connectivity index (χ3n) is 2.51. The second kappa shape index (κ2) is 12.4. The number of nitrogens with zero attached hydrogens (tertiary/aromatic N) is 3. The lowest BCUT2D eigenvalue weighted by Crippen LogP contribution is -2.41. The molecule has 7 nitrogen and oxygen atoms in total. The summed E-state index contributed by atoms with van der Waals surface area (Å²) in [5.41, 5.74) is 0. The molecule has 21 heavy (non-hydrogen) atoms. The van der Waals surface area contributed by atoms with Gasteiger partial charge in [-0.25, -0.2) is 0 Å². The lowest BCUT2D eigenvalue weighted by molar-refractivity contribution is -0.118. The van der Waals surface area contributed by atoms with E-state index in [1.54, 1.807) is 6.20 Å². The molecule has 0 radical (unpaired) electrons. The Morgan fingerprint density at radius 2 is 2.05 bits per heavy atom. The maximum absolute atomic E-state index is 10.7. The summed E-state index contributed by atoms with van der Waals surface area (Å²) >= 11 is 0. The molecule has 0 atom stereocenters. The van der Waals surface area contributed by atoms with Gasteiger partial charge in [0.1, 0.15) is 0 Å². The molecule has 0 spiro atoms. The number of aryl methyl sites for hydroxylation is 1. The molecule has 3 N–H and O–H groups in total. The maximum atomic E-state index is 10.7. The minimum absolute atomic E-state index is 0. The smallest absolute Gasteiger partial charge is 0.216 e. The summed E-state index contributed by atoms with van der Waals surface area (Å²) < 4.78 is 1.90. The van der Waals surface area contributed by atoms with Crippen LogP contribution in [0.1, 0.15) is 20.3 Å². The maximum Gasteiger partial charge on any atom is 0.216 e. The van der Waals surface area contributed by atoms with Crippen molar-refractivity contribution in [2.24, 2.45) is 4.99 Å². The molecule has 1 heterocycles. The quantitative estimate of drug-likeness (QED) is 0.254. The fourth-order valence-electron chi connectivity index (χ4n) is 1.62. The number of hydrogen-bond acceptors (Lipinski definition) is 3. The van der Waals surface area contributed by atoms with Gasteiger partial charge in [-0.3, -0.25) is 14.5 Å². The van der Waals surface area contributed by atoms with E-state index in [2.05, 4.69) is 26.0 Å². The van der Waals surface area contributed by atoms with Gasteiger partial charge in [-0.15, -0.1) is 24.0 Å². The molecule has 0 aliphatic carbocycles. The topological polar surface area (TPSA) is 83.3 Å². The number of aromatic nitrogens is 2. The van der Waals surface area contributed by atoms with Crippen LogP contribution in [0.15, 0.2) is 23.5 Å². The van der Waals surface area contributed by atoms with E-state index < -0.39 is 0 Å². The Kier molecular flexibility index (Phi) is 11.6. The molecule has 0 aromatic carbocycles. The molecule has 0 fully saturated rings. The largest absolute Gasteiger partial charge is 0.357 e. The second-order valence-electron chi connectivity index (χ2n) is 4.29. The van der Waals surface area contributed by atoms with Gasteiger partial charge in [0, 0.05) is 52.0 Å². The Labute approximate surface area is 143 Å². The predicted molar refractivity (Wildman–Crippen MR) is 94.9 cm³/mol. The summed E-state index contributed by atoms with van der Waals surface area (Å²) in [6, 6.07) is 1.91. The van der Waals surface area contributed by atoms with Crippen molar-refractivity contribution in [2.45, 2.75) is 26.8 Å². The van der Waals surface area contributed by atoms with Crippen molar-refractivity contribution in [3.8, 4) is 0 Å². The van der Waals surface area contributed by atoms with Crippen LogP contribution in [-0.4, -0.2) is 47.8 Å². The lowest BCUT2D eigenvalue weighted by Gasteiger charge is -2.11. The lowest BCUT2D eigenvalue weighted by atomic mass is 10.4. The minimum atomic E-state index is -0.0204. The van der Waals surface area contributed by atoms with Crippen LogP contribution in [-0.2, 0) is 11.3 Å². The van der Waals surface area contributed by atoms with Crippen molar-refractivity contribution in [1.29, 1.82) is 0 Å². The second-order valence-corrected chi connectivity index (χ2v) is 4.29. The van der Waals surface area contributed by atoms with Crippen LogP contribution in [0.4, 0.5) is 0 Å². The van der Waals surface area contributed by atoms with E-state index in [0.717, 1.165) is 32.0 Å². The molecule has 120 valence electrons. The van der Waals surface area contributed by atoms with Gasteiger partial charge < -0.3 is 16.0 Å². The summed E-state index contributed by atoms with van der Waals surface area (Å²) in [7, 11) is 0. The Morgan fingerprint density at radius 3 is 2.67 bits per heavy atom. The summed E-state index contributed by atoms with van der Waals surface area (Å²) in [5.74, 6) is 0.756. The zero-order valence-electron chi connectivity index (χ0n) is 12.6. The Balaban J connectivity index is 0.00000400. The highest BCUT2D eigenvalue weighted by Crippen LogP contribution is 1.90. The first-order valence-corrected chi connectivity index (χ1v) is 6.96. The highest BCUT2D eigenvalue weighted by Gasteiger charge is 1.97.